The predicted octanol–water partition coefficient (Wildman–Crippen LogP) is 0.471. The van der Waals surface area contributed by atoms with E-state index in [1.54, 1.807) is 6.07 Å². The van der Waals surface area contributed by atoms with Crippen LogP contribution in [-0.4, -0.2) is 32.0 Å². The molecule has 0 aliphatic rings. The summed E-state index contributed by atoms with van der Waals surface area (Å²) >= 11 is 0. The molecular formula is C8H8FN3O3S. The van der Waals surface area contributed by atoms with Crippen molar-refractivity contribution >= 4 is 21.1 Å². The average molecular weight is 245 g/mol. The first-order valence-corrected chi connectivity index (χ1v) is 5.90. The molecule has 0 radical (unpaired) electrons. The molecule has 0 saturated carbocycles. The zero-order valence-electron chi connectivity index (χ0n) is 8.05. The third kappa shape index (κ3) is 1.89. The lowest BCUT2D eigenvalue weighted by Gasteiger charge is -2.03. The van der Waals surface area contributed by atoms with Gasteiger partial charge in [0.1, 0.15) is 17.1 Å². The lowest BCUT2D eigenvalue weighted by molar-refractivity contribution is 0.315. The minimum absolute atomic E-state index is 0.0697. The number of benzene rings is 1. The number of hydrogen-bond acceptors (Lipinski definition) is 5. The Bertz CT molecular complexity index is 595. The maximum absolute atomic E-state index is 11.9. The second-order valence-electron chi connectivity index (χ2n) is 2.97. The molecule has 0 aliphatic heterocycles. The number of aromatic nitrogens is 2. The molecule has 1 heterocycles. The highest BCUT2D eigenvalue weighted by Gasteiger charge is 2.19. The quantitative estimate of drug-likeness (QED) is 0.846. The molecule has 86 valence electrons. The van der Waals surface area contributed by atoms with Crippen LogP contribution < -0.4 is 4.72 Å². The van der Waals surface area contributed by atoms with Crippen LogP contribution in [-0.2, 0) is 10.0 Å². The molecular weight excluding hydrogens is 237 g/mol. The lowest BCUT2D eigenvalue weighted by Crippen LogP contribution is -2.26. The molecule has 0 spiro atoms. The van der Waals surface area contributed by atoms with Gasteiger partial charge < -0.3 is 0 Å². The Morgan fingerprint density at radius 3 is 2.94 bits per heavy atom. The van der Waals surface area contributed by atoms with E-state index < -0.39 is 16.7 Å². The molecule has 8 heteroatoms. The number of hydrogen-bond donors (Lipinski definition) is 1. The highest BCUT2D eigenvalue weighted by molar-refractivity contribution is 7.89. The zero-order valence-corrected chi connectivity index (χ0v) is 8.87. The van der Waals surface area contributed by atoms with Gasteiger partial charge in [-0.3, -0.25) is 0 Å². The summed E-state index contributed by atoms with van der Waals surface area (Å²) in [6, 6.07) is 4.43. The highest BCUT2D eigenvalue weighted by atomic mass is 32.2. The molecule has 16 heavy (non-hydrogen) atoms. The molecule has 0 aliphatic carbocycles. The smallest absolute Gasteiger partial charge is 0.243 e. The monoisotopic (exact) mass is 245 g/mol. The van der Waals surface area contributed by atoms with E-state index in [0.717, 1.165) is 0 Å². The minimum Gasteiger partial charge on any atom is -0.250 e. The van der Waals surface area contributed by atoms with E-state index in [-0.39, 0.29) is 17.0 Å². The van der Waals surface area contributed by atoms with Gasteiger partial charge in [0, 0.05) is 6.54 Å². The third-order valence-electron chi connectivity index (χ3n) is 1.93. The molecule has 0 fully saturated rings. The summed E-state index contributed by atoms with van der Waals surface area (Å²) in [6.07, 6.45) is 0. The lowest BCUT2D eigenvalue weighted by atomic mass is 10.3. The number of sulfonamides is 1. The normalized spacial score (nSPS) is 12.1. The van der Waals surface area contributed by atoms with Crippen molar-refractivity contribution in [2.75, 3.05) is 13.2 Å². The standard InChI is InChI=1S/C8H8FN3O3S/c9-4-5-10-16(13,14)7-3-1-2-6-8(7)12-15-11-6/h1-3,10H,4-5H2. The molecule has 1 N–H and O–H groups in total. The van der Waals surface area contributed by atoms with Crippen LogP contribution in [0.25, 0.3) is 11.0 Å². The van der Waals surface area contributed by atoms with Crippen molar-refractivity contribution in [2.24, 2.45) is 0 Å². The molecule has 2 aromatic rings. The van der Waals surface area contributed by atoms with E-state index in [1.165, 1.54) is 12.1 Å². The van der Waals surface area contributed by atoms with Gasteiger partial charge in [0.15, 0.2) is 5.52 Å². The van der Waals surface area contributed by atoms with Gasteiger partial charge in [0.2, 0.25) is 10.0 Å². The van der Waals surface area contributed by atoms with Crippen molar-refractivity contribution in [1.82, 2.24) is 15.0 Å². The molecule has 2 rings (SSSR count). The SMILES string of the molecule is O=S(=O)(NCCF)c1cccc2nonc12. The molecule has 0 unspecified atom stereocenters. The van der Waals surface area contributed by atoms with Crippen LogP contribution in [0.15, 0.2) is 27.7 Å². The van der Waals surface area contributed by atoms with Crippen molar-refractivity contribution < 1.29 is 17.4 Å². The van der Waals surface area contributed by atoms with Gasteiger partial charge in [0.05, 0.1) is 0 Å². The summed E-state index contributed by atoms with van der Waals surface area (Å²) < 4.78 is 41.9. The van der Waals surface area contributed by atoms with Crippen LogP contribution in [0.5, 0.6) is 0 Å². The summed E-state index contributed by atoms with van der Waals surface area (Å²) in [7, 11) is -3.77. The zero-order chi connectivity index (χ0) is 11.6. The second kappa shape index (κ2) is 4.14. The number of halogens is 1. The van der Waals surface area contributed by atoms with E-state index in [0.29, 0.717) is 5.52 Å². The summed E-state index contributed by atoms with van der Waals surface area (Å²) in [5.41, 5.74) is 0.469. The first kappa shape index (κ1) is 11.0. The summed E-state index contributed by atoms with van der Waals surface area (Å²) in [5, 5.41) is 7.01. The number of rotatable bonds is 4. The number of alkyl halides is 1. The van der Waals surface area contributed by atoms with Crippen LogP contribution in [0.1, 0.15) is 0 Å². The molecule has 6 nitrogen and oxygen atoms in total. The largest absolute Gasteiger partial charge is 0.250 e. The van der Waals surface area contributed by atoms with E-state index in [4.69, 9.17) is 0 Å². The average Bonchev–Trinajstić information content (AvgIpc) is 2.73. The molecule has 0 bridgehead atoms. The first-order valence-electron chi connectivity index (χ1n) is 4.42. The minimum atomic E-state index is -3.77. The number of nitrogens with one attached hydrogen (secondary N) is 1. The van der Waals surface area contributed by atoms with E-state index in [9.17, 15) is 12.8 Å². The Labute approximate surface area is 90.5 Å². The van der Waals surface area contributed by atoms with Crippen molar-refractivity contribution in [3.63, 3.8) is 0 Å². The fraction of sp³-hybridized carbons (Fsp3) is 0.250. The molecule has 0 saturated heterocycles. The number of nitrogens with zero attached hydrogens (tertiary/aromatic N) is 2. The van der Waals surface area contributed by atoms with Gasteiger partial charge in [-0.05, 0) is 22.4 Å². The van der Waals surface area contributed by atoms with Crippen LogP contribution in [0, 0.1) is 0 Å². The molecule has 1 aromatic heterocycles. The second-order valence-corrected chi connectivity index (χ2v) is 4.71. The predicted molar refractivity (Wildman–Crippen MR) is 53.0 cm³/mol. The van der Waals surface area contributed by atoms with Crippen LogP contribution in [0.2, 0.25) is 0 Å². The Hall–Kier alpha value is -1.54. The van der Waals surface area contributed by atoms with Crippen LogP contribution in [0.3, 0.4) is 0 Å². The van der Waals surface area contributed by atoms with E-state index in [2.05, 4.69) is 19.7 Å². The topological polar surface area (TPSA) is 85.1 Å². The first-order chi connectivity index (χ1) is 7.65. The Balaban J connectivity index is 2.50. The summed E-state index contributed by atoms with van der Waals surface area (Å²) in [4.78, 5) is -0.0697. The maximum Gasteiger partial charge on any atom is 0.243 e. The van der Waals surface area contributed by atoms with Crippen LogP contribution in [0.4, 0.5) is 4.39 Å². The summed E-state index contributed by atoms with van der Waals surface area (Å²) in [6.45, 7) is -1.05. The van der Waals surface area contributed by atoms with Gasteiger partial charge in [-0.2, -0.15) is 0 Å². The third-order valence-corrected chi connectivity index (χ3v) is 3.42. The molecule has 1 aromatic carbocycles. The van der Waals surface area contributed by atoms with Crippen molar-refractivity contribution in [3.05, 3.63) is 18.2 Å². The van der Waals surface area contributed by atoms with Gasteiger partial charge in [-0.25, -0.2) is 22.2 Å². The van der Waals surface area contributed by atoms with Crippen molar-refractivity contribution in [1.29, 1.82) is 0 Å². The fourth-order valence-electron chi connectivity index (χ4n) is 1.25. The van der Waals surface area contributed by atoms with Gasteiger partial charge >= 0.3 is 0 Å². The van der Waals surface area contributed by atoms with Crippen molar-refractivity contribution in [3.8, 4) is 0 Å². The van der Waals surface area contributed by atoms with E-state index >= 15 is 0 Å². The number of fused-ring (bicyclic) bond motifs is 1. The van der Waals surface area contributed by atoms with Crippen LogP contribution >= 0.6 is 0 Å². The fourth-order valence-corrected chi connectivity index (χ4v) is 2.40. The summed E-state index contributed by atoms with van der Waals surface area (Å²) in [5.74, 6) is 0. The maximum atomic E-state index is 11.9. The molecule has 0 amide bonds. The van der Waals surface area contributed by atoms with Gasteiger partial charge in [-0.1, -0.05) is 6.07 Å². The Morgan fingerprint density at radius 1 is 1.38 bits per heavy atom. The van der Waals surface area contributed by atoms with Gasteiger partial charge in [0.25, 0.3) is 0 Å². The molecule has 0 atom stereocenters. The van der Waals surface area contributed by atoms with Crippen molar-refractivity contribution in [2.45, 2.75) is 4.90 Å². The Morgan fingerprint density at radius 2 is 2.19 bits per heavy atom. The van der Waals surface area contributed by atoms with Gasteiger partial charge in [-0.15, -0.1) is 0 Å². The Kier molecular flexibility index (Phi) is 2.84. The highest BCUT2D eigenvalue weighted by Crippen LogP contribution is 2.19. The van der Waals surface area contributed by atoms with E-state index in [1.807, 2.05) is 0 Å².